The molecule has 6 nitrogen and oxygen atoms in total. The Hall–Kier alpha value is -2.15. The van der Waals surface area contributed by atoms with Crippen molar-refractivity contribution in [2.75, 3.05) is 12.3 Å². The number of H-pyrrole nitrogens is 1. The summed E-state index contributed by atoms with van der Waals surface area (Å²) in [5, 5.41) is 0. The van der Waals surface area contributed by atoms with Gasteiger partial charge in [-0.05, 0) is 13.0 Å². The lowest BCUT2D eigenvalue weighted by molar-refractivity contribution is -0.142. The molecule has 0 aliphatic rings. The average Bonchev–Trinajstić information content (AvgIpc) is 2.43. The van der Waals surface area contributed by atoms with E-state index in [2.05, 4.69) is 25.9 Å². The van der Waals surface area contributed by atoms with Gasteiger partial charge in [-0.2, -0.15) is 0 Å². The van der Waals surface area contributed by atoms with Gasteiger partial charge in [0.1, 0.15) is 11.6 Å². The number of benzene rings is 1. The van der Waals surface area contributed by atoms with Gasteiger partial charge in [-0.25, -0.2) is 4.98 Å². The van der Waals surface area contributed by atoms with E-state index in [1.165, 1.54) is 0 Å². The Morgan fingerprint density at radius 1 is 1.43 bits per heavy atom. The van der Waals surface area contributed by atoms with Crippen molar-refractivity contribution < 1.29 is 9.53 Å². The molecular formula is C14H14BrN3O3. The zero-order valence-corrected chi connectivity index (χ0v) is 12.9. The van der Waals surface area contributed by atoms with Gasteiger partial charge in [0, 0.05) is 10.0 Å². The lowest BCUT2D eigenvalue weighted by atomic mass is 10.2. The van der Waals surface area contributed by atoms with Gasteiger partial charge < -0.3 is 15.5 Å². The SMILES string of the molecule is CCOC(=O)Cc1c(N)nc(-c2ccccc2Br)[nH]c1=O. The second-order valence-electron chi connectivity index (χ2n) is 4.24. The number of carbonyl (C=O) groups excluding carboxylic acids is 1. The van der Waals surface area contributed by atoms with Gasteiger partial charge in [0.05, 0.1) is 18.6 Å². The average molecular weight is 352 g/mol. The van der Waals surface area contributed by atoms with Crippen LogP contribution in [0.3, 0.4) is 0 Å². The van der Waals surface area contributed by atoms with Crippen LogP contribution in [-0.4, -0.2) is 22.5 Å². The molecule has 0 aliphatic carbocycles. The van der Waals surface area contributed by atoms with E-state index in [1.807, 2.05) is 18.2 Å². The van der Waals surface area contributed by atoms with E-state index in [-0.39, 0.29) is 24.4 Å². The predicted octanol–water partition coefficient (Wildman–Crippen LogP) is 1.89. The van der Waals surface area contributed by atoms with Gasteiger partial charge in [-0.15, -0.1) is 0 Å². The summed E-state index contributed by atoms with van der Waals surface area (Å²) in [5.41, 5.74) is 6.18. The van der Waals surface area contributed by atoms with Gasteiger partial charge in [0.15, 0.2) is 0 Å². The fourth-order valence-corrected chi connectivity index (χ4v) is 2.30. The molecule has 3 N–H and O–H groups in total. The van der Waals surface area contributed by atoms with E-state index >= 15 is 0 Å². The minimum Gasteiger partial charge on any atom is -0.466 e. The number of anilines is 1. The number of nitrogens with two attached hydrogens (primary N) is 1. The Morgan fingerprint density at radius 2 is 2.14 bits per heavy atom. The molecule has 1 heterocycles. The highest BCUT2D eigenvalue weighted by molar-refractivity contribution is 9.10. The Kier molecular flexibility index (Phi) is 4.74. The van der Waals surface area contributed by atoms with Crippen molar-refractivity contribution in [2.24, 2.45) is 0 Å². The number of ether oxygens (including phenoxy) is 1. The van der Waals surface area contributed by atoms with E-state index in [0.717, 1.165) is 4.47 Å². The minimum absolute atomic E-state index is 0.0255. The van der Waals surface area contributed by atoms with Crippen LogP contribution in [0.15, 0.2) is 33.5 Å². The number of aromatic nitrogens is 2. The number of nitrogens with zero attached hydrogens (tertiary/aromatic N) is 1. The summed E-state index contributed by atoms with van der Waals surface area (Å²) in [6.07, 6.45) is -0.196. The van der Waals surface area contributed by atoms with Crippen LogP contribution < -0.4 is 11.3 Å². The van der Waals surface area contributed by atoms with Crippen LogP contribution in [-0.2, 0) is 16.0 Å². The van der Waals surface area contributed by atoms with E-state index in [0.29, 0.717) is 11.4 Å². The number of hydrogen-bond donors (Lipinski definition) is 2. The van der Waals surface area contributed by atoms with Gasteiger partial charge >= 0.3 is 5.97 Å². The number of halogens is 1. The van der Waals surface area contributed by atoms with E-state index in [4.69, 9.17) is 10.5 Å². The van der Waals surface area contributed by atoms with Crippen LogP contribution in [0.25, 0.3) is 11.4 Å². The van der Waals surface area contributed by atoms with Crippen molar-refractivity contribution in [1.29, 1.82) is 0 Å². The summed E-state index contributed by atoms with van der Waals surface area (Å²) < 4.78 is 5.59. The quantitative estimate of drug-likeness (QED) is 0.819. The predicted molar refractivity (Wildman–Crippen MR) is 82.7 cm³/mol. The fourth-order valence-electron chi connectivity index (χ4n) is 1.82. The first kappa shape index (κ1) is 15.2. The first-order valence-corrected chi connectivity index (χ1v) is 7.11. The molecular weight excluding hydrogens is 338 g/mol. The number of aromatic amines is 1. The second-order valence-corrected chi connectivity index (χ2v) is 5.09. The van der Waals surface area contributed by atoms with Gasteiger partial charge in [-0.3, -0.25) is 9.59 Å². The highest BCUT2D eigenvalue weighted by Crippen LogP contribution is 2.25. The summed E-state index contributed by atoms with van der Waals surface area (Å²) >= 11 is 3.38. The molecule has 110 valence electrons. The monoisotopic (exact) mass is 351 g/mol. The van der Waals surface area contributed by atoms with Crippen molar-refractivity contribution in [3.05, 3.63) is 44.7 Å². The Bertz CT molecular complexity index is 728. The Balaban J connectivity index is 2.40. The first-order chi connectivity index (χ1) is 10.0. The molecule has 0 bridgehead atoms. The molecule has 1 aromatic carbocycles. The molecule has 2 rings (SSSR count). The second kappa shape index (κ2) is 6.53. The van der Waals surface area contributed by atoms with Gasteiger partial charge in [-0.1, -0.05) is 34.1 Å². The Morgan fingerprint density at radius 3 is 2.76 bits per heavy atom. The molecule has 0 amide bonds. The number of esters is 1. The number of carbonyl (C=O) groups is 1. The fraction of sp³-hybridized carbons (Fsp3) is 0.214. The number of hydrogen-bond acceptors (Lipinski definition) is 5. The molecule has 0 atom stereocenters. The summed E-state index contributed by atoms with van der Waals surface area (Å²) in [4.78, 5) is 30.3. The van der Waals surface area contributed by atoms with E-state index < -0.39 is 11.5 Å². The van der Waals surface area contributed by atoms with Crippen molar-refractivity contribution in [3.63, 3.8) is 0 Å². The third kappa shape index (κ3) is 3.49. The highest BCUT2D eigenvalue weighted by Gasteiger charge is 2.15. The third-order valence-corrected chi connectivity index (χ3v) is 3.49. The largest absolute Gasteiger partial charge is 0.466 e. The molecule has 21 heavy (non-hydrogen) atoms. The third-order valence-electron chi connectivity index (χ3n) is 2.80. The zero-order chi connectivity index (χ0) is 15.4. The standard InChI is InChI=1S/C14H14BrN3O3/c1-2-21-11(19)7-9-12(16)17-13(18-14(9)20)8-5-3-4-6-10(8)15/h3-6H,2,7H2,1H3,(H3,16,17,18,20). The molecule has 0 spiro atoms. The molecule has 2 aromatic rings. The first-order valence-electron chi connectivity index (χ1n) is 6.32. The summed E-state index contributed by atoms with van der Waals surface area (Å²) in [7, 11) is 0. The molecule has 0 saturated heterocycles. The van der Waals surface area contributed by atoms with Crippen molar-refractivity contribution >= 4 is 27.7 Å². The molecule has 7 heteroatoms. The van der Waals surface area contributed by atoms with Crippen LogP contribution in [0.1, 0.15) is 12.5 Å². The number of rotatable bonds is 4. The lowest BCUT2D eigenvalue weighted by Crippen LogP contribution is -2.22. The molecule has 0 radical (unpaired) electrons. The van der Waals surface area contributed by atoms with Crippen molar-refractivity contribution in [2.45, 2.75) is 13.3 Å². The van der Waals surface area contributed by atoms with E-state index in [9.17, 15) is 9.59 Å². The molecule has 0 saturated carbocycles. The highest BCUT2D eigenvalue weighted by atomic mass is 79.9. The minimum atomic E-state index is -0.509. The molecule has 0 aliphatic heterocycles. The molecule has 0 fully saturated rings. The number of nitrogens with one attached hydrogen (secondary N) is 1. The molecule has 1 aromatic heterocycles. The van der Waals surface area contributed by atoms with Crippen LogP contribution in [0.2, 0.25) is 0 Å². The van der Waals surface area contributed by atoms with Crippen LogP contribution in [0, 0.1) is 0 Å². The number of nitrogen functional groups attached to an aromatic ring is 1. The smallest absolute Gasteiger partial charge is 0.310 e. The van der Waals surface area contributed by atoms with E-state index in [1.54, 1.807) is 13.0 Å². The Labute approximate surface area is 129 Å². The van der Waals surface area contributed by atoms with Crippen LogP contribution in [0.5, 0.6) is 0 Å². The summed E-state index contributed by atoms with van der Waals surface area (Å²) in [6, 6.07) is 7.30. The van der Waals surface area contributed by atoms with Crippen molar-refractivity contribution in [3.8, 4) is 11.4 Å². The van der Waals surface area contributed by atoms with Crippen LogP contribution >= 0.6 is 15.9 Å². The lowest BCUT2D eigenvalue weighted by Gasteiger charge is -2.08. The topological polar surface area (TPSA) is 98.1 Å². The normalized spacial score (nSPS) is 10.4. The van der Waals surface area contributed by atoms with Gasteiger partial charge in [0.25, 0.3) is 5.56 Å². The molecule has 0 unspecified atom stereocenters. The maximum atomic E-state index is 12.1. The maximum absolute atomic E-state index is 12.1. The van der Waals surface area contributed by atoms with Crippen molar-refractivity contribution in [1.82, 2.24) is 9.97 Å². The van der Waals surface area contributed by atoms with Crippen LogP contribution in [0.4, 0.5) is 5.82 Å². The summed E-state index contributed by atoms with van der Waals surface area (Å²) in [5.74, 6) is -0.139. The summed E-state index contributed by atoms with van der Waals surface area (Å²) in [6.45, 7) is 1.94. The van der Waals surface area contributed by atoms with Gasteiger partial charge in [0.2, 0.25) is 0 Å². The zero-order valence-electron chi connectivity index (χ0n) is 11.4. The maximum Gasteiger partial charge on any atom is 0.310 e.